The molecule has 0 bridgehead atoms. The van der Waals surface area contributed by atoms with Crippen LogP contribution in [0.1, 0.15) is 19.3 Å². The van der Waals surface area contributed by atoms with Gasteiger partial charge in [-0.1, -0.05) is 6.42 Å². The number of rotatable bonds is 6. The number of anilines is 1. The summed E-state index contributed by atoms with van der Waals surface area (Å²) in [5, 5.41) is 15.9. The van der Waals surface area contributed by atoms with E-state index in [1.54, 1.807) is 24.2 Å². The normalized spacial score (nSPS) is 21.9. The van der Waals surface area contributed by atoms with Crippen LogP contribution in [0.3, 0.4) is 0 Å². The summed E-state index contributed by atoms with van der Waals surface area (Å²) in [6.45, 7) is 1.15. The van der Waals surface area contributed by atoms with E-state index in [-0.39, 0.29) is 5.91 Å². The van der Waals surface area contributed by atoms with E-state index in [1.807, 2.05) is 0 Å². The summed E-state index contributed by atoms with van der Waals surface area (Å²) in [7, 11) is 1.61. The first-order valence-corrected chi connectivity index (χ1v) is 6.67. The standard InChI is InChI=1S/C13H19N3O4/c1-20-6-5-16-8-9(7-14-16)15-12(17)10-3-2-4-11(10)13(18)19/h7-8,10-11H,2-6H2,1H3,(H,15,17)(H,18,19)/t10-,11+/m1/s1. The Bertz CT molecular complexity index is 486. The largest absolute Gasteiger partial charge is 0.481 e. The van der Waals surface area contributed by atoms with Crippen LogP contribution in [0, 0.1) is 11.8 Å². The molecule has 0 spiro atoms. The van der Waals surface area contributed by atoms with Crippen LogP contribution in [0.4, 0.5) is 5.69 Å². The molecular formula is C13H19N3O4. The van der Waals surface area contributed by atoms with Gasteiger partial charge in [-0.3, -0.25) is 14.3 Å². The number of amides is 1. The third-order valence-corrected chi connectivity index (χ3v) is 3.60. The Kier molecular flexibility index (Phi) is 4.73. The summed E-state index contributed by atoms with van der Waals surface area (Å²) in [6.07, 6.45) is 5.24. The van der Waals surface area contributed by atoms with Gasteiger partial charge in [0.05, 0.1) is 36.9 Å². The Hall–Kier alpha value is -1.89. The first kappa shape index (κ1) is 14.5. The van der Waals surface area contributed by atoms with Gasteiger partial charge in [0, 0.05) is 13.3 Å². The van der Waals surface area contributed by atoms with Crippen molar-refractivity contribution in [2.45, 2.75) is 25.8 Å². The maximum atomic E-state index is 12.1. The Balaban J connectivity index is 1.93. The summed E-state index contributed by atoms with van der Waals surface area (Å²) in [5.41, 5.74) is 0.585. The highest BCUT2D eigenvalue weighted by Gasteiger charge is 2.37. The molecule has 0 unspecified atom stereocenters. The monoisotopic (exact) mass is 281 g/mol. The fourth-order valence-electron chi connectivity index (χ4n) is 2.54. The zero-order valence-corrected chi connectivity index (χ0v) is 11.4. The third kappa shape index (κ3) is 3.36. The molecule has 0 saturated heterocycles. The lowest BCUT2D eigenvalue weighted by Crippen LogP contribution is -2.29. The molecule has 2 rings (SSSR count). The number of hydrogen-bond acceptors (Lipinski definition) is 4. The lowest BCUT2D eigenvalue weighted by molar-refractivity contribution is -0.145. The predicted octanol–water partition coefficient (Wildman–Crippen LogP) is 0.969. The maximum Gasteiger partial charge on any atom is 0.307 e. The Morgan fingerprint density at radius 1 is 1.50 bits per heavy atom. The van der Waals surface area contributed by atoms with Gasteiger partial charge >= 0.3 is 5.97 Å². The number of hydrogen-bond donors (Lipinski definition) is 2. The first-order chi connectivity index (χ1) is 9.61. The minimum atomic E-state index is -0.890. The molecule has 0 aromatic carbocycles. The second-order valence-electron chi connectivity index (χ2n) is 4.96. The molecule has 2 N–H and O–H groups in total. The van der Waals surface area contributed by atoms with Gasteiger partial charge in [0.25, 0.3) is 0 Å². The van der Waals surface area contributed by atoms with Crippen LogP contribution in [-0.4, -0.2) is 40.5 Å². The van der Waals surface area contributed by atoms with Gasteiger partial charge in [-0.05, 0) is 12.8 Å². The molecular weight excluding hydrogens is 262 g/mol. The van der Waals surface area contributed by atoms with E-state index < -0.39 is 17.8 Å². The summed E-state index contributed by atoms with van der Waals surface area (Å²) in [4.78, 5) is 23.2. The molecule has 0 radical (unpaired) electrons. The van der Waals surface area contributed by atoms with E-state index in [0.717, 1.165) is 6.42 Å². The summed E-state index contributed by atoms with van der Waals surface area (Å²) in [6, 6.07) is 0. The zero-order valence-electron chi connectivity index (χ0n) is 11.4. The lowest BCUT2D eigenvalue weighted by Gasteiger charge is -2.14. The minimum Gasteiger partial charge on any atom is -0.481 e. The number of aliphatic carboxylic acids is 1. The van der Waals surface area contributed by atoms with Gasteiger partial charge in [-0.25, -0.2) is 0 Å². The number of carbonyl (C=O) groups is 2. The van der Waals surface area contributed by atoms with Crippen LogP contribution < -0.4 is 5.32 Å². The molecule has 1 aliphatic carbocycles. The molecule has 1 saturated carbocycles. The van der Waals surface area contributed by atoms with Crippen molar-refractivity contribution in [3.63, 3.8) is 0 Å². The number of methoxy groups -OCH3 is 1. The van der Waals surface area contributed by atoms with E-state index in [0.29, 0.717) is 31.7 Å². The Labute approximate surface area is 116 Å². The van der Waals surface area contributed by atoms with Gasteiger partial charge < -0.3 is 15.2 Å². The van der Waals surface area contributed by atoms with E-state index in [4.69, 9.17) is 9.84 Å². The second kappa shape index (κ2) is 6.51. The highest BCUT2D eigenvalue weighted by atomic mass is 16.5. The van der Waals surface area contributed by atoms with Gasteiger partial charge in [0.1, 0.15) is 0 Å². The summed E-state index contributed by atoms with van der Waals surface area (Å²) < 4.78 is 6.61. The van der Waals surface area contributed by atoms with Crippen LogP contribution in [0.15, 0.2) is 12.4 Å². The van der Waals surface area contributed by atoms with Crippen molar-refractivity contribution in [3.8, 4) is 0 Å². The highest BCUT2D eigenvalue weighted by Crippen LogP contribution is 2.32. The van der Waals surface area contributed by atoms with E-state index in [9.17, 15) is 9.59 Å². The summed E-state index contributed by atoms with van der Waals surface area (Å²) >= 11 is 0. The first-order valence-electron chi connectivity index (χ1n) is 6.67. The van der Waals surface area contributed by atoms with Crippen molar-refractivity contribution in [3.05, 3.63) is 12.4 Å². The molecule has 0 aliphatic heterocycles. The fourth-order valence-corrected chi connectivity index (χ4v) is 2.54. The molecule has 7 heteroatoms. The number of carboxylic acids is 1. The molecule has 1 aliphatic rings. The average Bonchev–Trinajstić information content (AvgIpc) is 3.04. The average molecular weight is 281 g/mol. The van der Waals surface area contributed by atoms with E-state index >= 15 is 0 Å². The third-order valence-electron chi connectivity index (χ3n) is 3.60. The molecule has 7 nitrogen and oxygen atoms in total. The van der Waals surface area contributed by atoms with Crippen LogP contribution in [0.25, 0.3) is 0 Å². The van der Waals surface area contributed by atoms with Gasteiger partial charge in [-0.15, -0.1) is 0 Å². The highest BCUT2D eigenvalue weighted by molar-refractivity contribution is 5.95. The van der Waals surface area contributed by atoms with E-state index in [2.05, 4.69) is 10.4 Å². The zero-order chi connectivity index (χ0) is 14.5. The Morgan fingerprint density at radius 3 is 2.95 bits per heavy atom. The number of carbonyl (C=O) groups excluding carboxylic acids is 1. The molecule has 2 atom stereocenters. The maximum absolute atomic E-state index is 12.1. The molecule has 1 heterocycles. The molecule has 1 amide bonds. The van der Waals surface area contributed by atoms with Crippen LogP contribution in [-0.2, 0) is 20.9 Å². The van der Waals surface area contributed by atoms with Crippen molar-refractivity contribution in [2.24, 2.45) is 11.8 Å². The molecule has 20 heavy (non-hydrogen) atoms. The molecule has 1 aromatic rings. The minimum absolute atomic E-state index is 0.235. The predicted molar refractivity (Wildman–Crippen MR) is 71.2 cm³/mol. The lowest BCUT2D eigenvalue weighted by atomic mass is 9.95. The molecule has 1 fully saturated rings. The quantitative estimate of drug-likeness (QED) is 0.810. The fraction of sp³-hybridized carbons (Fsp3) is 0.615. The van der Waals surface area contributed by atoms with Crippen molar-refractivity contribution < 1.29 is 19.4 Å². The Morgan fingerprint density at radius 2 is 2.25 bits per heavy atom. The van der Waals surface area contributed by atoms with Crippen molar-refractivity contribution >= 4 is 17.6 Å². The van der Waals surface area contributed by atoms with Crippen LogP contribution in [0.2, 0.25) is 0 Å². The van der Waals surface area contributed by atoms with Crippen molar-refractivity contribution in [1.29, 1.82) is 0 Å². The number of aromatic nitrogens is 2. The van der Waals surface area contributed by atoms with Gasteiger partial charge in [-0.2, -0.15) is 5.10 Å². The summed E-state index contributed by atoms with van der Waals surface area (Å²) in [5.74, 6) is -2.15. The topological polar surface area (TPSA) is 93.5 Å². The SMILES string of the molecule is COCCn1cc(NC(=O)[C@@H]2CCC[C@@H]2C(=O)O)cn1. The van der Waals surface area contributed by atoms with E-state index in [1.165, 1.54) is 0 Å². The smallest absolute Gasteiger partial charge is 0.307 e. The van der Waals surface area contributed by atoms with Crippen molar-refractivity contribution in [1.82, 2.24) is 9.78 Å². The molecule has 110 valence electrons. The van der Waals surface area contributed by atoms with Gasteiger partial charge in [0.2, 0.25) is 5.91 Å². The number of nitrogens with zero attached hydrogens (tertiary/aromatic N) is 2. The van der Waals surface area contributed by atoms with Crippen molar-refractivity contribution in [2.75, 3.05) is 19.0 Å². The molecule has 1 aromatic heterocycles. The van der Waals surface area contributed by atoms with Crippen LogP contribution in [0.5, 0.6) is 0 Å². The van der Waals surface area contributed by atoms with Gasteiger partial charge in [0.15, 0.2) is 0 Å². The number of ether oxygens (including phenoxy) is 1. The van der Waals surface area contributed by atoms with Crippen LogP contribution >= 0.6 is 0 Å². The number of nitrogens with one attached hydrogen (secondary N) is 1. The second-order valence-corrected chi connectivity index (χ2v) is 4.96. The number of carboxylic acid groups (broad SMARTS) is 1.